The minimum Gasteiger partial charge on any atom is -0.394 e. The third kappa shape index (κ3) is 6.91. The predicted molar refractivity (Wildman–Crippen MR) is 77.0 cm³/mol. The molecule has 0 aliphatic heterocycles. The first-order chi connectivity index (χ1) is 7.24. The van der Waals surface area contributed by atoms with E-state index >= 15 is 0 Å². The Morgan fingerprint density at radius 3 is 1.87 bits per heavy atom. The first kappa shape index (κ1) is 15.9. The van der Waals surface area contributed by atoms with Gasteiger partial charge in [-0.15, -0.1) is 0 Å². The zero-order valence-electron chi connectivity index (χ0n) is 10.4. The molecule has 0 aromatic rings. The zero-order chi connectivity index (χ0) is 11.6. The number of rotatable bonds is 10. The van der Waals surface area contributed by atoms with E-state index in [-0.39, 0.29) is 0 Å². The van der Waals surface area contributed by atoms with Crippen molar-refractivity contribution in [3.63, 3.8) is 0 Å². The van der Waals surface area contributed by atoms with E-state index in [4.69, 9.17) is 8.85 Å². The SMILES string of the molecule is CCCO[Si](CC)(CCCI)OCCC. The predicted octanol–water partition coefficient (Wildman–Crippen LogP) is 4.13. The van der Waals surface area contributed by atoms with Crippen molar-refractivity contribution in [3.8, 4) is 0 Å². The molecule has 0 saturated heterocycles. The lowest BCUT2D eigenvalue weighted by atomic mass is 10.5. The van der Waals surface area contributed by atoms with Crippen molar-refractivity contribution in [1.82, 2.24) is 0 Å². The highest BCUT2D eigenvalue weighted by molar-refractivity contribution is 14.1. The molecular weight excluding hydrogens is 319 g/mol. The molecular formula is C11H25IO2Si. The van der Waals surface area contributed by atoms with Crippen LogP contribution in [0.5, 0.6) is 0 Å². The van der Waals surface area contributed by atoms with Gasteiger partial charge in [0.05, 0.1) is 0 Å². The monoisotopic (exact) mass is 344 g/mol. The standard InChI is InChI=1S/C11H25IO2Si/c1-4-9-13-15(6-3,11-7-8-12)14-10-5-2/h4-11H2,1-3H3. The van der Waals surface area contributed by atoms with E-state index in [1.165, 1.54) is 10.8 Å². The summed E-state index contributed by atoms with van der Waals surface area (Å²) >= 11 is 2.43. The van der Waals surface area contributed by atoms with E-state index in [0.29, 0.717) is 0 Å². The van der Waals surface area contributed by atoms with Gasteiger partial charge in [0.15, 0.2) is 0 Å². The molecule has 2 nitrogen and oxygen atoms in total. The van der Waals surface area contributed by atoms with Crippen molar-refractivity contribution in [2.75, 3.05) is 17.6 Å². The maximum Gasteiger partial charge on any atom is 0.337 e. The van der Waals surface area contributed by atoms with Gasteiger partial charge in [0.1, 0.15) is 0 Å². The number of hydrogen-bond donors (Lipinski definition) is 0. The van der Waals surface area contributed by atoms with E-state index in [1.54, 1.807) is 0 Å². The lowest BCUT2D eigenvalue weighted by molar-refractivity contribution is 0.168. The van der Waals surface area contributed by atoms with E-state index in [9.17, 15) is 0 Å². The number of halogens is 1. The minimum atomic E-state index is -1.84. The van der Waals surface area contributed by atoms with Crippen LogP contribution in [0.3, 0.4) is 0 Å². The van der Waals surface area contributed by atoms with Crippen LogP contribution < -0.4 is 0 Å². The highest BCUT2D eigenvalue weighted by Gasteiger charge is 2.34. The van der Waals surface area contributed by atoms with Crippen molar-refractivity contribution in [3.05, 3.63) is 0 Å². The van der Waals surface area contributed by atoms with Gasteiger partial charge in [-0.05, 0) is 35.8 Å². The molecule has 0 aromatic carbocycles. The molecule has 0 N–H and O–H groups in total. The molecule has 92 valence electrons. The molecule has 0 saturated carbocycles. The number of hydrogen-bond acceptors (Lipinski definition) is 2. The summed E-state index contributed by atoms with van der Waals surface area (Å²) in [6, 6.07) is 2.25. The van der Waals surface area contributed by atoms with Crippen LogP contribution in [0.1, 0.15) is 40.0 Å². The second-order valence-electron chi connectivity index (χ2n) is 3.75. The summed E-state index contributed by atoms with van der Waals surface area (Å²) in [6.07, 6.45) is 3.41. The summed E-state index contributed by atoms with van der Waals surface area (Å²) in [4.78, 5) is 0. The Kier molecular flexibility index (Phi) is 10.6. The van der Waals surface area contributed by atoms with Gasteiger partial charge in [-0.3, -0.25) is 0 Å². The Labute approximate surface area is 110 Å². The smallest absolute Gasteiger partial charge is 0.337 e. The quantitative estimate of drug-likeness (QED) is 0.337. The van der Waals surface area contributed by atoms with E-state index in [0.717, 1.165) is 38.1 Å². The summed E-state index contributed by atoms with van der Waals surface area (Å²) < 4.78 is 13.3. The van der Waals surface area contributed by atoms with Gasteiger partial charge in [0.25, 0.3) is 0 Å². The minimum absolute atomic E-state index is 0.866. The third-order valence-electron chi connectivity index (χ3n) is 2.37. The molecule has 0 fully saturated rings. The Balaban J connectivity index is 4.16. The Morgan fingerprint density at radius 1 is 1.00 bits per heavy atom. The van der Waals surface area contributed by atoms with Crippen molar-refractivity contribution >= 4 is 31.2 Å². The molecule has 4 heteroatoms. The largest absolute Gasteiger partial charge is 0.394 e. The van der Waals surface area contributed by atoms with E-state index in [2.05, 4.69) is 43.4 Å². The summed E-state index contributed by atoms with van der Waals surface area (Å²) in [5, 5.41) is 0. The van der Waals surface area contributed by atoms with Crippen LogP contribution in [0.4, 0.5) is 0 Å². The molecule has 15 heavy (non-hydrogen) atoms. The molecule has 0 amide bonds. The maximum absolute atomic E-state index is 6.05. The summed E-state index contributed by atoms with van der Waals surface area (Å²) in [6.45, 7) is 8.26. The van der Waals surface area contributed by atoms with Gasteiger partial charge in [0, 0.05) is 13.2 Å². The van der Waals surface area contributed by atoms with Gasteiger partial charge in [0.2, 0.25) is 0 Å². The summed E-state index contributed by atoms with van der Waals surface area (Å²) in [5.74, 6) is 0. The first-order valence-electron chi connectivity index (χ1n) is 6.08. The zero-order valence-corrected chi connectivity index (χ0v) is 13.5. The second-order valence-corrected chi connectivity index (χ2v) is 8.44. The lowest BCUT2D eigenvalue weighted by Crippen LogP contribution is -2.42. The Morgan fingerprint density at radius 2 is 1.53 bits per heavy atom. The molecule has 0 aliphatic carbocycles. The van der Waals surface area contributed by atoms with Crippen LogP contribution in [0.15, 0.2) is 0 Å². The van der Waals surface area contributed by atoms with Crippen LogP contribution >= 0.6 is 22.6 Å². The normalized spacial score (nSPS) is 12.0. The maximum atomic E-state index is 6.05. The average molecular weight is 344 g/mol. The average Bonchev–Trinajstić information content (AvgIpc) is 2.29. The molecule has 0 unspecified atom stereocenters. The van der Waals surface area contributed by atoms with Crippen molar-refractivity contribution in [1.29, 1.82) is 0 Å². The van der Waals surface area contributed by atoms with Gasteiger partial charge < -0.3 is 8.85 Å². The molecule has 0 radical (unpaired) electrons. The molecule has 0 bridgehead atoms. The lowest BCUT2D eigenvalue weighted by Gasteiger charge is -2.29. The van der Waals surface area contributed by atoms with Crippen molar-refractivity contribution in [2.45, 2.75) is 52.1 Å². The molecule has 0 spiro atoms. The van der Waals surface area contributed by atoms with E-state index in [1.807, 2.05) is 0 Å². The van der Waals surface area contributed by atoms with Crippen molar-refractivity contribution < 1.29 is 8.85 Å². The van der Waals surface area contributed by atoms with Crippen LogP contribution in [0, 0.1) is 0 Å². The Bertz CT molecular complexity index is 123. The fourth-order valence-electron chi connectivity index (χ4n) is 1.48. The molecule has 0 heterocycles. The third-order valence-corrected chi connectivity index (χ3v) is 6.78. The highest BCUT2D eigenvalue weighted by atomic mass is 127. The second kappa shape index (κ2) is 10.0. The van der Waals surface area contributed by atoms with Crippen LogP contribution in [0.25, 0.3) is 0 Å². The molecule has 0 rings (SSSR count). The first-order valence-corrected chi connectivity index (χ1v) is 9.84. The molecule has 0 aromatic heterocycles. The van der Waals surface area contributed by atoms with Crippen LogP contribution in [-0.2, 0) is 8.85 Å². The van der Waals surface area contributed by atoms with E-state index < -0.39 is 8.56 Å². The fraction of sp³-hybridized carbons (Fsp3) is 1.00. The molecule has 0 atom stereocenters. The van der Waals surface area contributed by atoms with Gasteiger partial charge >= 0.3 is 8.56 Å². The topological polar surface area (TPSA) is 18.5 Å². The van der Waals surface area contributed by atoms with Gasteiger partial charge in [-0.2, -0.15) is 0 Å². The number of alkyl halides is 1. The van der Waals surface area contributed by atoms with Gasteiger partial charge in [-0.1, -0.05) is 43.4 Å². The summed E-state index contributed by atoms with van der Waals surface area (Å²) in [5.41, 5.74) is 0. The Hall–Kier alpha value is 0.867. The highest BCUT2D eigenvalue weighted by Crippen LogP contribution is 2.22. The van der Waals surface area contributed by atoms with Gasteiger partial charge in [-0.25, -0.2) is 0 Å². The summed E-state index contributed by atoms with van der Waals surface area (Å²) in [7, 11) is -1.84. The van der Waals surface area contributed by atoms with Crippen LogP contribution in [-0.4, -0.2) is 26.2 Å². The van der Waals surface area contributed by atoms with Crippen molar-refractivity contribution in [2.24, 2.45) is 0 Å². The fourth-order valence-corrected chi connectivity index (χ4v) is 5.58. The van der Waals surface area contributed by atoms with Crippen LogP contribution in [0.2, 0.25) is 12.1 Å². The molecule has 0 aliphatic rings.